The van der Waals surface area contributed by atoms with Crippen molar-refractivity contribution >= 4 is 32.7 Å². The molecular formula is C16H19BrN4O2. The lowest BCUT2D eigenvalue weighted by Crippen LogP contribution is -2.57. The van der Waals surface area contributed by atoms with Gasteiger partial charge in [0.1, 0.15) is 5.75 Å². The lowest BCUT2D eigenvalue weighted by molar-refractivity contribution is 0.0618. The minimum atomic E-state index is -0.121. The maximum Gasteiger partial charge on any atom is 0.272 e. The van der Waals surface area contributed by atoms with Crippen LogP contribution in [-0.2, 0) is 0 Å². The fraction of sp³-hybridized carbons (Fsp3) is 0.500. The van der Waals surface area contributed by atoms with Gasteiger partial charge in [-0.05, 0) is 59.9 Å². The molecule has 23 heavy (non-hydrogen) atoms. The number of aromatic amines is 1. The van der Waals surface area contributed by atoms with E-state index in [4.69, 9.17) is 4.74 Å². The highest BCUT2D eigenvalue weighted by Crippen LogP contribution is 2.34. The predicted octanol–water partition coefficient (Wildman–Crippen LogP) is 2.16. The Morgan fingerprint density at radius 1 is 1.43 bits per heavy atom. The highest BCUT2D eigenvalue weighted by Gasteiger charge is 2.35. The molecule has 122 valence electrons. The smallest absolute Gasteiger partial charge is 0.272 e. The second-order valence-corrected chi connectivity index (χ2v) is 7.09. The zero-order valence-corrected chi connectivity index (χ0v) is 14.5. The Labute approximate surface area is 142 Å². The lowest BCUT2D eigenvalue weighted by atomic mass is 9.84. The van der Waals surface area contributed by atoms with Crippen LogP contribution in [0.2, 0.25) is 0 Å². The van der Waals surface area contributed by atoms with Gasteiger partial charge >= 0.3 is 0 Å². The SMILES string of the molecule is COc1ccc2[nH]nc(C(=O)N[C@H]3CN4CCC3CC4)c2c1Br. The number of nitrogens with zero attached hydrogens (tertiary/aromatic N) is 2. The zero-order chi connectivity index (χ0) is 16.0. The first kappa shape index (κ1) is 15.0. The van der Waals surface area contributed by atoms with Gasteiger partial charge in [-0.3, -0.25) is 9.89 Å². The van der Waals surface area contributed by atoms with E-state index in [2.05, 4.69) is 36.3 Å². The molecule has 1 aromatic carbocycles. The summed E-state index contributed by atoms with van der Waals surface area (Å²) < 4.78 is 6.08. The second kappa shape index (κ2) is 5.79. The van der Waals surface area contributed by atoms with Gasteiger partial charge in [0.05, 0.1) is 22.5 Å². The van der Waals surface area contributed by atoms with Crippen LogP contribution in [0.1, 0.15) is 23.3 Å². The van der Waals surface area contributed by atoms with Gasteiger partial charge in [0, 0.05) is 12.6 Å². The predicted molar refractivity (Wildman–Crippen MR) is 90.8 cm³/mol. The molecule has 3 fully saturated rings. The number of nitrogens with one attached hydrogen (secondary N) is 2. The third-order valence-corrected chi connectivity index (χ3v) is 5.83. The van der Waals surface area contributed by atoms with Crippen molar-refractivity contribution in [3.05, 3.63) is 22.3 Å². The minimum absolute atomic E-state index is 0.121. The van der Waals surface area contributed by atoms with E-state index in [9.17, 15) is 4.79 Å². The minimum Gasteiger partial charge on any atom is -0.496 e. The third kappa shape index (κ3) is 2.52. The molecule has 1 atom stereocenters. The lowest BCUT2D eigenvalue weighted by Gasteiger charge is -2.44. The maximum absolute atomic E-state index is 12.7. The van der Waals surface area contributed by atoms with Crippen molar-refractivity contribution in [2.45, 2.75) is 18.9 Å². The summed E-state index contributed by atoms with van der Waals surface area (Å²) in [6, 6.07) is 3.94. The van der Waals surface area contributed by atoms with Crippen molar-refractivity contribution in [2.75, 3.05) is 26.7 Å². The summed E-state index contributed by atoms with van der Waals surface area (Å²) >= 11 is 3.52. The van der Waals surface area contributed by atoms with Gasteiger partial charge in [-0.15, -0.1) is 0 Å². The van der Waals surface area contributed by atoms with E-state index in [1.54, 1.807) is 7.11 Å². The van der Waals surface area contributed by atoms with Crippen molar-refractivity contribution in [3.63, 3.8) is 0 Å². The number of aromatic nitrogens is 2. The van der Waals surface area contributed by atoms with Gasteiger partial charge in [-0.2, -0.15) is 5.10 Å². The van der Waals surface area contributed by atoms with Gasteiger partial charge in [0.2, 0.25) is 0 Å². The van der Waals surface area contributed by atoms with E-state index in [1.807, 2.05) is 12.1 Å². The summed E-state index contributed by atoms with van der Waals surface area (Å²) in [4.78, 5) is 15.2. The van der Waals surface area contributed by atoms with Crippen LogP contribution < -0.4 is 10.1 Å². The van der Waals surface area contributed by atoms with Crippen molar-refractivity contribution < 1.29 is 9.53 Å². The first-order chi connectivity index (χ1) is 11.2. The van der Waals surface area contributed by atoms with Crippen LogP contribution in [0.25, 0.3) is 10.9 Å². The number of carbonyl (C=O) groups excluding carboxylic acids is 1. The molecule has 7 heteroatoms. The molecule has 3 saturated heterocycles. The number of ether oxygens (including phenoxy) is 1. The highest BCUT2D eigenvalue weighted by molar-refractivity contribution is 9.10. The van der Waals surface area contributed by atoms with Crippen LogP contribution in [0.5, 0.6) is 5.75 Å². The van der Waals surface area contributed by atoms with Gasteiger partial charge < -0.3 is 15.0 Å². The molecule has 3 aliphatic heterocycles. The summed E-state index contributed by atoms with van der Waals surface area (Å²) in [5.41, 5.74) is 1.24. The Balaban J connectivity index is 1.62. The van der Waals surface area contributed by atoms with E-state index in [0.29, 0.717) is 17.4 Å². The Kier molecular flexibility index (Phi) is 3.77. The monoisotopic (exact) mass is 378 g/mol. The summed E-state index contributed by atoms with van der Waals surface area (Å²) in [5, 5.41) is 11.1. The normalized spacial score (nSPS) is 26.4. The highest BCUT2D eigenvalue weighted by atomic mass is 79.9. The molecule has 0 radical (unpaired) electrons. The first-order valence-corrected chi connectivity index (χ1v) is 8.70. The molecule has 0 aliphatic carbocycles. The summed E-state index contributed by atoms with van der Waals surface area (Å²) in [5.74, 6) is 1.16. The fourth-order valence-corrected chi connectivity index (χ4v) is 4.44. The number of methoxy groups -OCH3 is 1. The van der Waals surface area contributed by atoms with Crippen LogP contribution >= 0.6 is 15.9 Å². The van der Waals surface area contributed by atoms with Crippen molar-refractivity contribution in [1.29, 1.82) is 0 Å². The Morgan fingerprint density at radius 2 is 2.22 bits per heavy atom. The van der Waals surface area contributed by atoms with E-state index in [0.717, 1.165) is 35.0 Å². The number of H-pyrrole nitrogens is 1. The van der Waals surface area contributed by atoms with Crippen molar-refractivity contribution in [1.82, 2.24) is 20.4 Å². The topological polar surface area (TPSA) is 70.2 Å². The molecule has 5 rings (SSSR count). The zero-order valence-electron chi connectivity index (χ0n) is 12.9. The van der Waals surface area contributed by atoms with E-state index >= 15 is 0 Å². The van der Waals surface area contributed by atoms with Gasteiger partial charge in [-0.25, -0.2) is 0 Å². The molecule has 1 amide bonds. The molecule has 1 aromatic heterocycles. The summed E-state index contributed by atoms with van der Waals surface area (Å²) in [6.45, 7) is 3.26. The van der Waals surface area contributed by atoms with Gasteiger partial charge in [-0.1, -0.05) is 0 Å². The molecule has 2 N–H and O–H groups in total. The van der Waals surface area contributed by atoms with E-state index in [-0.39, 0.29) is 11.9 Å². The van der Waals surface area contributed by atoms with Crippen molar-refractivity contribution in [3.8, 4) is 5.75 Å². The van der Waals surface area contributed by atoms with E-state index < -0.39 is 0 Å². The second-order valence-electron chi connectivity index (χ2n) is 6.29. The number of amides is 1. The van der Waals surface area contributed by atoms with Crippen molar-refractivity contribution in [2.24, 2.45) is 5.92 Å². The molecular weight excluding hydrogens is 360 g/mol. The number of hydrogen-bond acceptors (Lipinski definition) is 4. The fourth-order valence-electron chi connectivity index (χ4n) is 3.74. The summed E-state index contributed by atoms with van der Waals surface area (Å²) in [6.07, 6.45) is 2.34. The average Bonchev–Trinajstić information content (AvgIpc) is 3.01. The average molecular weight is 379 g/mol. The molecule has 3 aliphatic rings. The number of fused-ring (bicyclic) bond motifs is 4. The molecule has 2 aromatic rings. The standard InChI is InChI=1S/C16H19BrN4O2/c1-23-12-3-2-10-13(14(12)17)15(20-19-10)16(22)18-11-8-21-6-4-9(11)5-7-21/h2-3,9,11H,4-8H2,1H3,(H,18,22)(H,19,20)/t11-/m0/s1. The Morgan fingerprint density at radius 3 is 2.87 bits per heavy atom. The van der Waals surface area contributed by atoms with Gasteiger partial charge in [0.15, 0.2) is 5.69 Å². The van der Waals surface area contributed by atoms with Crippen LogP contribution in [-0.4, -0.2) is 53.8 Å². The Hall–Kier alpha value is -1.60. The number of rotatable bonds is 3. The maximum atomic E-state index is 12.7. The van der Waals surface area contributed by atoms with Crippen LogP contribution in [0.3, 0.4) is 0 Å². The van der Waals surface area contributed by atoms with Crippen LogP contribution in [0, 0.1) is 5.92 Å². The van der Waals surface area contributed by atoms with Crippen LogP contribution in [0.4, 0.5) is 0 Å². The van der Waals surface area contributed by atoms with Crippen LogP contribution in [0.15, 0.2) is 16.6 Å². The molecule has 0 spiro atoms. The number of piperidine rings is 3. The largest absolute Gasteiger partial charge is 0.496 e. The third-order valence-electron chi connectivity index (χ3n) is 5.04. The summed E-state index contributed by atoms with van der Waals surface area (Å²) in [7, 11) is 1.61. The number of hydrogen-bond donors (Lipinski definition) is 2. The first-order valence-electron chi connectivity index (χ1n) is 7.91. The number of carbonyl (C=O) groups is 1. The number of benzene rings is 1. The quantitative estimate of drug-likeness (QED) is 0.858. The molecule has 0 saturated carbocycles. The number of halogens is 1. The molecule has 4 heterocycles. The van der Waals surface area contributed by atoms with Gasteiger partial charge in [0.25, 0.3) is 5.91 Å². The Bertz CT molecular complexity index is 752. The molecule has 6 nitrogen and oxygen atoms in total. The van der Waals surface area contributed by atoms with E-state index in [1.165, 1.54) is 12.8 Å². The molecule has 2 bridgehead atoms. The molecule has 0 unspecified atom stereocenters.